The quantitative estimate of drug-likeness (QED) is 0.467. The Balaban J connectivity index is 2.22. The highest BCUT2D eigenvalue weighted by Crippen LogP contribution is 2.32. The lowest BCUT2D eigenvalue weighted by Crippen LogP contribution is -2.34. The van der Waals surface area contributed by atoms with Crippen LogP contribution in [0.1, 0.15) is 28.4 Å². The van der Waals surface area contributed by atoms with Gasteiger partial charge in [0.1, 0.15) is 16.9 Å². The number of pyridine rings is 2. The third-order valence-electron chi connectivity index (χ3n) is 4.82. The number of aromatic hydroxyl groups is 1. The number of nitrogens with one attached hydrogen (secondary N) is 2. The molecule has 0 fully saturated rings. The monoisotopic (exact) mass is 414 g/mol. The fourth-order valence-electron chi connectivity index (χ4n) is 3.43. The van der Waals surface area contributed by atoms with E-state index in [4.69, 9.17) is 5.11 Å². The molecule has 3 aromatic rings. The summed E-state index contributed by atoms with van der Waals surface area (Å²) in [7, 11) is 1.69. The zero-order valence-corrected chi connectivity index (χ0v) is 16.7. The molecule has 0 aliphatic heterocycles. The molecule has 1 aromatic carbocycles. The van der Waals surface area contributed by atoms with Crippen molar-refractivity contribution < 1.29 is 19.4 Å². The minimum Gasteiger partial charge on any atom is -0.505 e. The number of carbonyl (C=O) groups is 1. The predicted octanol–water partition coefficient (Wildman–Crippen LogP) is 1.62. The minimum atomic E-state index is -0.779. The molecule has 158 valence electrons. The average Bonchev–Trinajstić information content (AvgIpc) is 2.74. The van der Waals surface area contributed by atoms with Gasteiger partial charge in [-0.15, -0.1) is 0 Å². The van der Waals surface area contributed by atoms with E-state index in [0.717, 1.165) is 11.1 Å². The summed E-state index contributed by atoms with van der Waals surface area (Å²) >= 11 is 0. The van der Waals surface area contributed by atoms with Crippen LogP contribution in [0.3, 0.4) is 0 Å². The van der Waals surface area contributed by atoms with Crippen molar-refractivity contribution >= 4 is 22.6 Å². The van der Waals surface area contributed by atoms with Gasteiger partial charge in [-0.25, -0.2) is 4.39 Å². The van der Waals surface area contributed by atoms with Crippen LogP contribution < -0.4 is 16.2 Å². The molecule has 30 heavy (non-hydrogen) atoms. The fraction of sp³-hybridized carbons (Fsp3) is 0.286. The standard InChI is InChI=1S/C21H23FN4O4/c1-3-26-18-16(23-2)13(10-12-4-6-14(22)7-5-12)11-25-17(18)19(28)15(21(26)30)20(29)24-8-9-27/h4-7,11,27-28H,3,8-10H2,1-2H3,(H,23,25)(H,24,29). The Morgan fingerprint density at radius 2 is 1.97 bits per heavy atom. The van der Waals surface area contributed by atoms with E-state index in [2.05, 4.69) is 15.6 Å². The zero-order chi connectivity index (χ0) is 21.8. The molecule has 1 amide bonds. The summed E-state index contributed by atoms with van der Waals surface area (Å²) in [6.45, 7) is 1.65. The lowest BCUT2D eigenvalue weighted by Gasteiger charge is -2.18. The van der Waals surface area contributed by atoms with Crippen LogP contribution in [0.5, 0.6) is 5.75 Å². The Kier molecular flexibility index (Phi) is 6.31. The summed E-state index contributed by atoms with van der Waals surface area (Å²) in [5, 5.41) is 25.0. The maximum Gasteiger partial charge on any atom is 0.267 e. The van der Waals surface area contributed by atoms with Gasteiger partial charge < -0.3 is 25.4 Å². The number of aromatic nitrogens is 2. The van der Waals surface area contributed by atoms with Crippen LogP contribution >= 0.6 is 0 Å². The maximum absolute atomic E-state index is 13.2. The molecule has 0 unspecified atom stereocenters. The summed E-state index contributed by atoms with van der Waals surface area (Å²) in [6.07, 6.45) is 1.98. The highest BCUT2D eigenvalue weighted by Gasteiger charge is 2.25. The third-order valence-corrected chi connectivity index (χ3v) is 4.82. The molecule has 4 N–H and O–H groups in total. The van der Waals surface area contributed by atoms with Crippen molar-refractivity contribution in [2.24, 2.45) is 0 Å². The van der Waals surface area contributed by atoms with Gasteiger partial charge in [0.15, 0.2) is 5.75 Å². The van der Waals surface area contributed by atoms with Gasteiger partial charge in [0.2, 0.25) is 0 Å². The van der Waals surface area contributed by atoms with E-state index in [1.54, 1.807) is 32.3 Å². The van der Waals surface area contributed by atoms with E-state index in [-0.39, 0.29) is 31.0 Å². The van der Waals surface area contributed by atoms with Crippen LogP contribution in [0, 0.1) is 5.82 Å². The van der Waals surface area contributed by atoms with Gasteiger partial charge >= 0.3 is 0 Å². The molecule has 0 atom stereocenters. The predicted molar refractivity (Wildman–Crippen MR) is 112 cm³/mol. The molecule has 2 aromatic heterocycles. The summed E-state index contributed by atoms with van der Waals surface area (Å²) in [4.78, 5) is 29.7. The number of nitrogens with zero attached hydrogens (tertiary/aromatic N) is 2. The molecule has 0 spiro atoms. The van der Waals surface area contributed by atoms with Gasteiger partial charge in [0.05, 0.1) is 17.8 Å². The van der Waals surface area contributed by atoms with Crippen molar-refractivity contribution in [1.29, 1.82) is 0 Å². The van der Waals surface area contributed by atoms with Crippen molar-refractivity contribution in [2.75, 3.05) is 25.5 Å². The molecule has 0 aliphatic rings. The van der Waals surface area contributed by atoms with Gasteiger partial charge in [-0.05, 0) is 24.6 Å². The summed E-state index contributed by atoms with van der Waals surface area (Å²) in [6, 6.07) is 6.07. The van der Waals surface area contributed by atoms with Crippen LogP contribution in [0.4, 0.5) is 10.1 Å². The largest absolute Gasteiger partial charge is 0.505 e. The van der Waals surface area contributed by atoms with Crippen LogP contribution in [-0.2, 0) is 13.0 Å². The number of hydrogen-bond acceptors (Lipinski definition) is 6. The SMILES string of the molecule is CCn1c(=O)c(C(=O)NCCO)c(O)c2ncc(Cc3ccc(F)cc3)c(NC)c21. The third kappa shape index (κ3) is 3.84. The normalized spacial score (nSPS) is 10.9. The second-order valence-electron chi connectivity index (χ2n) is 6.66. The topological polar surface area (TPSA) is 116 Å². The van der Waals surface area contributed by atoms with Crippen molar-refractivity contribution in [3.8, 4) is 5.75 Å². The number of amides is 1. The molecule has 2 heterocycles. The first-order chi connectivity index (χ1) is 14.4. The number of aliphatic hydroxyl groups is 1. The molecule has 0 saturated heterocycles. The van der Waals surface area contributed by atoms with E-state index in [9.17, 15) is 19.1 Å². The maximum atomic E-state index is 13.2. The summed E-state index contributed by atoms with van der Waals surface area (Å²) in [5.74, 6) is -1.63. The van der Waals surface area contributed by atoms with Crippen molar-refractivity contribution in [2.45, 2.75) is 19.9 Å². The van der Waals surface area contributed by atoms with E-state index >= 15 is 0 Å². The minimum absolute atomic E-state index is 0.0479. The van der Waals surface area contributed by atoms with Gasteiger partial charge in [0.25, 0.3) is 11.5 Å². The Bertz CT molecular complexity index is 1140. The molecule has 9 heteroatoms. The number of anilines is 1. The highest BCUT2D eigenvalue weighted by molar-refractivity contribution is 6.03. The van der Waals surface area contributed by atoms with Crippen molar-refractivity contribution in [1.82, 2.24) is 14.9 Å². The number of fused-ring (bicyclic) bond motifs is 1. The Morgan fingerprint density at radius 1 is 1.27 bits per heavy atom. The highest BCUT2D eigenvalue weighted by atomic mass is 19.1. The number of aliphatic hydroxyl groups excluding tert-OH is 1. The molecule has 3 rings (SSSR count). The lowest BCUT2D eigenvalue weighted by atomic mass is 10.0. The molecular weight excluding hydrogens is 391 g/mol. The fourth-order valence-corrected chi connectivity index (χ4v) is 3.43. The second kappa shape index (κ2) is 8.91. The number of carbonyl (C=O) groups excluding carboxylic acids is 1. The second-order valence-corrected chi connectivity index (χ2v) is 6.66. The number of hydrogen-bond donors (Lipinski definition) is 4. The first-order valence-corrected chi connectivity index (χ1v) is 9.51. The van der Waals surface area contributed by atoms with E-state index in [0.29, 0.717) is 17.6 Å². The molecule has 0 aliphatic carbocycles. The van der Waals surface area contributed by atoms with E-state index < -0.39 is 22.8 Å². The van der Waals surface area contributed by atoms with Crippen molar-refractivity contribution in [3.63, 3.8) is 0 Å². The average molecular weight is 414 g/mol. The van der Waals surface area contributed by atoms with E-state index in [1.807, 2.05) is 0 Å². The molecule has 0 saturated carbocycles. The molecular formula is C21H23FN4O4. The van der Waals surface area contributed by atoms with E-state index in [1.165, 1.54) is 16.7 Å². The first kappa shape index (κ1) is 21.3. The smallest absolute Gasteiger partial charge is 0.267 e. The summed E-state index contributed by atoms with van der Waals surface area (Å²) in [5.41, 5.74) is 1.59. The van der Waals surface area contributed by atoms with Crippen LogP contribution in [0.15, 0.2) is 35.3 Å². The van der Waals surface area contributed by atoms with Crippen molar-refractivity contribution in [3.05, 3.63) is 63.3 Å². The Hall–Kier alpha value is -3.46. The van der Waals surface area contributed by atoms with Gasteiger partial charge in [-0.2, -0.15) is 0 Å². The number of benzene rings is 1. The Labute approximate surface area is 172 Å². The zero-order valence-electron chi connectivity index (χ0n) is 16.7. The number of aryl methyl sites for hydroxylation is 1. The van der Waals surface area contributed by atoms with Crippen LogP contribution in [-0.4, -0.2) is 45.9 Å². The van der Waals surface area contributed by atoms with Gasteiger partial charge in [0, 0.05) is 38.3 Å². The lowest BCUT2D eigenvalue weighted by molar-refractivity contribution is 0.0940. The molecule has 0 bridgehead atoms. The summed E-state index contributed by atoms with van der Waals surface area (Å²) < 4.78 is 14.6. The first-order valence-electron chi connectivity index (χ1n) is 9.51. The van der Waals surface area contributed by atoms with Gasteiger partial charge in [-0.1, -0.05) is 12.1 Å². The van der Waals surface area contributed by atoms with Crippen LogP contribution in [0.2, 0.25) is 0 Å². The Morgan fingerprint density at radius 3 is 2.57 bits per heavy atom. The number of halogens is 1. The molecule has 0 radical (unpaired) electrons. The number of rotatable bonds is 7. The van der Waals surface area contributed by atoms with Gasteiger partial charge in [-0.3, -0.25) is 14.6 Å². The van der Waals surface area contributed by atoms with Crippen LogP contribution in [0.25, 0.3) is 11.0 Å². The molecule has 8 nitrogen and oxygen atoms in total.